The first-order valence-corrected chi connectivity index (χ1v) is 12.0. The Morgan fingerprint density at radius 1 is 0.852 bits per heavy atom. The molecule has 0 saturated heterocycles. The van der Waals surface area contributed by atoms with Crippen LogP contribution in [0.1, 0.15) is 61.3 Å². The Kier molecular flexibility index (Phi) is 4.36. The van der Waals surface area contributed by atoms with Crippen molar-refractivity contribution in [2.75, 3.05) is 0 Å². The van der Waals surface area contributed by atoms with Crippen molar-refractivity contribution < 1.29 is 0 Å². The first-order valence-electron chi connectivity index (χ1n) is 10.6. The van der Waals surface area contributed by atoms with Gasteiger partial charge in [0.15, 0.2) is 0 Å². The molecule has 2 aromatic carbocycles. The second-order valence-corrected chi connectivity index (χ2v) is 10.2. The summed E-state index contributed by atoms with van der Waals surface area (Å²) >= 11 is 0. The van der Waals surface area contributed by atoms with Crippen molar-refractivity contribution in [2.45, 2.75) is 51.5 Å². The van der Waals surface area contributed by atoms with Crippen LogP contribution in [0.5, 0.6) is 0 Å². The van der Waals surface area contributed by atoms with E-state index >= 15 is 0 Å². The molecule has 0 aliphatic heterocycles. The molecule has 0 radical (unpaired) electrons. The minimum absolute atomic E-state index is 0.272. The van der Waals surface area contributed by atoms with Crippen LogP contribution in [-0.4, -0.2) is 14.3 Å². The van der Waals surface area contributed by atoms with Crippen LogP contribution in [0.4, 0.5) is 0 Å². The van der Waals surface area contributed by atoms with Crippen LogP contribution in [-0.2, 0) is 6.42 Å². The van der Waals surface area contributed by atoms with Gasteiger partial charge in [-0.25, -0.2) is 0 Å². The van der Waals surface area contributed by atoms with Crippen LogP contribution in [0.3, 0.4) is 0 Å². The molecule has 27 heavy (non-hydrogen) atoms. The molecule has 3 aliphatic carbocycles. The average Bonchev–Trinajstić information content (AvgIpc) is 3.31. The molecule has 1 saturated carbocycles. The zero-order valence-electron chi connectivity index (χ0n) is 16.3. The van der Waals surface area contributed by atoms with Gasteiger partial charge in [-0.05, 0) is 58.3 Å². The van der Waals surface area contributed by atoms with Crippen molar-refractivity contribution in [2.24, 2.45) is 5.41 Å². The Balaban J connectivity index is 1.65. The summed E-state index contributed by atoms with van der Waals surface area (Å²) in [5.74, 6) is 0. The van der Waals surface area contributed by atoms with E-state index in [-0.39, 0.29) is 5.41 Å². The lowest BCUT2D eigenvalue weighted by Gasteiger charge is -2.41. The van der Waals surface area contributed by atoms with E-state index in [0.29, 0.717) is 9.13 Å². The van der Waals surface area contributed by atoms with Gasteiger partial charge < -0.3 is 0 Å². The number of allylic oxidation sites excluding steroid dienone is 2. The third-order valence-electron chi connectivity index (χ3n) is 6.85. The van der Waals surface area contributed by atoms with E-state index in [9.17, 15) is 0 Å². The predicted molar refractivity (Wildman–Crippen MR) is 120 cm³/mol. The molecule has 3 aliphatic rings. The van der Waals surface area contributed by atoms with Gasteiger partial charge in [0.1, 0.15) is 0 Å². The Labute approximate surface area is 165 Å². The van der Waals surface area contributed by atoms with Crippen molar-refractivity contribution in [3.05, 3.63) is 81.9 Å². The molecule has 0 spiro atoms. The summed E-state index contributed by atoms with van der Waals surface area (Å²) in [6, 6.07) is 19.4. The zero-order valence-corrected chi connectivity index (χ0v) is 17.5. The molecule has 1 heteroatoms. The Hall–Kier alpha value is -1.99. The summed E-state index contributed by atoms with van der Waals surface area (Å²) in [6.45, 7) is 2.36. The lowest BCUT2D eigenvalue weighted by molar-refractivity contribution is 0.299. The first kappa shape index (κ1) is 17.1. The van der Waals surface area contributed by atoms with Crippen LogP contribution in [0.2, 0.25) is 6.04 Å². The predicted octanol–water partition coefficient (Wildman–Crippen LogP) is 6.07. The second kappa shape index (κ2) is 6.87. The van der Waals surface area contributed by atoms with E-state index in [1.54, 1.807) is 16.3 Å². The fourth-order valence-electron chi connectivity index (χ4n) is 5.57. The van der Waals surface area contributed by atoms with Crippen LogP contribution < -0.4 is 0 Å². The SMILES string of the molecule is CC[SiH]=C1C(C2(C3=Cc4ccccc4C3)CCCCC2)=Cc2ccccc21. The van der Waals surface area contributed by atoms with E-state index in [1.165, 1.54) is 60.4 Å². The van der Waals surface area contributed by atoms with Gasteiger partial charge in [0.25, 0.3) is 0 Å². The van der Waals surface area contributed by atoms with Gasteiger partial charge in [0.05, 0.1) is 0 Å². The number of rotatable bonds is 3. The Bertz CT molecular complexity index is 967. The Morgan fingerprint density at radius 2 is 1.59 bits per heavy atom. The minimum atomic E-state index is 0.272. The number of hydrogen-bond donors (Lipinski definition) is 0. The summed E-state index contributed by atoms with van der Waals surface area (Å²) in [5.41, 5.74) is 9.63. The number of benzene rings is 2. The molecule has 5 rings (SSSR count). The van der Waals surface area contributed by atoms with Crippen molar-refractivity contribution in [3.8, 4) is 0 Å². The standard InChI is InChI=1S/C26H28Si/c1-2-27-25-23-13-7-6-12-21(23)18-24(25)26(14-8-3-9-15-26)22-16-19-10-4-5-11-20(19)17-22/h4-7,10-13,16,18,27H,2-3,8-9,14-15,17H2,1H3. The average molecular weight is 369 g/mol. The molecule has 0 amide bonds. The molecule has 0 unspecified atom stereocenters. The lowest BCUT2D eigenvalue weighted by Crippen LogP contribution is -2.32. The van der Waals surface area contributed by atoms with Gasteiger partial charge in [-0.3, -0.25) is 0 Å². The van der Waals surface area contributed by atoms with Gasteiger partial charge in [-0.2, -0.15) is 0 Å². The highest BCUT2D eigenvalue weighted by molar-refractivity contribution is 6.64. The van der Waals surface area contributed by atoms with Crippen LogP contribution in [0, 0.1) is 5.41 Å². The highest BCUT2D eigenvalue weighted by Gasteiger charge is 2.43. The minimum Gasteiger partial charge on any atom is -0.0651 e. The molecule has 136 valence electrons. The third-order valence-corrected chi connectivity index (χ3v) is 8.29. The van der Waals surface area contributed by atoms with Gasteiger partial charge in [0, 0.05) is 14.5 Å². The van der Waals surface area contributed by atoms with E-state index in [4.69, 9.17) is 0 Å². The van der Waals surface area contributed by atoms with Crippen molar-refractivity contribution in [1.82, 2.24) is 0 Å². The van der Waals surface area contributed by atoms with E-state index in [2.05, 4.69) is 67.6 Å². The monoisotopic (exact) mass is 368 g/mol. The summed E-state index contributed by atoms with van der Waals surface area (Å²) in [4.78, 5) is 0. The molecule has 0 heterocycles. The molecule has 0 atom stereocenters. The molecular formula is C26H28Si. The van der Waals surface area contributed by atoms with Crippen LogP contribution >= 0.6 is 0 Å². The second-order valence-electron chi connectivity index (χ2n) is 8.36. The molecule has 0 N–H and O–H groups in total. The topological polar surface area (TPSA) is 0 Å². The highest BCUT2D eigenvalue weighted by Crippen LogP contribution is 2.54. The number of fused-ring (bicyclic) bond motifs is 2. The van der Waals surface area contributed by atoms with Crippen molar-refractivity contribution >= 4 is 26.5 Å². The van der Waals surface area contributed by atoms with Crippen molar-refractivity contribution in [3.63, 3.8) is 0 Å². The van der Waals surface area contributed by atoms with E-state index < -0.39 is 0 Å². The fraction of sp³-hybridized carbons (Fsp3) is 0.346. The maximum atomic E-state index is 2.57. The largest absolute Gasteiger partial charge is 0.0651 e. The maximum Gasteiger partial charge on any atom is 0.0170 e. The van der Waals surface area contributed by atoms with Gasteiger partial charge >= 0.3 is 0 Å². The fourth-order valence-corrected chi connectivity index (χ4v) is 7.04. The molecule has 0 aromatic heterocycles. The normalized spacial score (nSPS) is 21.6. The smallest absolute Gasteiger partial charge is 0.0170 e. The quantitative estimate of drug-likeness (QED) is 0.577. The molecule has 1 fully saturated rings. The highest BCUT2D eigenvalue weighted by atomic mass is 28.2. The summed E-state index contributed by atoms with van der Waals surface area (Å²) in [6.07, 6.45) is 13.1. The van der Waals surface area contributed by atoms with Crippen LogP contribution in [0.15, 0.2) is 59.7 Å². The third kappa shape index (κ3) is 2.75. The van der Waals surface area contributed by atoms with Gasteiger partial charge in [-0.15, -0.1) is 0 Å². The van der Waals surface area contributed by atoms with Gasteiger partial charge in [0.2, 0.25) is 0 Å². The summed E-state index contributed by atoms with van der Waals surface area (Å²) in [5, 5.41) is 1.71. The lowest BCUT2D eigenvalue weighted by atomic mass is 9.63. The van der Waals surface area contributed by atoms with E-state index in [0.717, 1.165) is 6.42 Å². The Morgan fingerprint density at radius 3 is 2.37 bits per heavy atom. The summed E-state index contributed by atoms with van der Waals surface area (Å²) < 4.78 is 0. The number of hydrogen-bond acceptors (Lipinski definition) is 0. The van der Waals surface area contributed by atoms with E-state index in [1.807, 2.05) is 0 Å². The molecule has 0 bridgehead atoms. The maximum absolute atomic E-state index is 2.57. The van der Waals surface area contributed by atoms with Gasteiger partial charge in [-0.1, -0.05) is 92.4 Å². The first-order chi connectivity index (χ1) is 13.3. The summed E-state index contributed by atoms with van der Waals surface area (Å²) in [7, 11) is 0.353. The molecular weight excluding hydrogens is 340 g/mol. The molecule has 2 aromatic rings. The molecule has 0 nitrogen and oxygen atoms in total. The van der Waals surface area contributed by atoms with Crippen molar-refractivity contribution in [1.29, 1.82) is 0 Å². The van der Waals surface area contributed by atoms with Crippen LogP contribution in [0.25, 0.3) is 12.2 Å². The zero-order chi connectivity index (χ0) is 18.3.